The predicted molar refractivity (Wildman–Crippen MR) is 94.4 cm³/mol. The van der Waals surface area contributed by atoms with Gasteiger partial charge < -0.3 is 38.0 Å². The third-order valence-corrected chi connectivity index (χ3v) is 4.25. The maximum absolute atomic E-state index is 12.4. The summed E-state index contributed by atoms with van der Waals surface area (Å²) in [5, 5.41) is 24.8. The lowest BCUT2D eigenvalue weighted by molar-refractivity contribution is -0.128. The Bertz CT molecular complexity index is 635. The van der Waals surface area contributed by atoms with Crippen LogP contribution in [0.4, 0.5) is 0 Å². The average Bonchev–Trinajstić information content (AvgIpc) is 2.56. The van der Waals surface area contributed by atoms with Crippen molar-refractivity contribution in [2.75, 3.05) is 0 Å². The van der Waals surface area contributed by atoms with E-state index in [1.807, 2.05) is 0 Å². The van der Waals surface area contributed by atoms with Crippen LogP contribution in [0, 0.1) is 5.92 Å². The van der Waals surface area contributed by atoms with E-state index in [1.54, 1.807) is 13.8 Å². The van der Waals surface area contributed by atoms with Gasteiger partial charge in [-0.2, -0.15) is 0 Å². The molecule has 11 heteroatoms. The van der Waals surface area contributed by atoms with Gasteiger partial charge in [0.15, 0.2) is 0 Å². The Morgan fingerprint density at radius 2 is 1.81 bits per heavy atom. The van der Waals surface area contributed by atoms with Gasteiger partial charge in [0.05, 0.1) is 24.6 Å². The molecular weight excluding hydrogens is 358 g/mol. The zero-order valence-corrected chi connectivity index (χ0v) is 15.2. The number of amides is 4. The van der Waals surface area contributed by atoms with E-state index < -0.39 is 60.4 Å². The van der Waals surface area contributed by atoms with E-state index in [-0.39, 0.29) is 17.9 Å². The van der Waals surface area contributed by atoms with Crippen LogP contribution < -0.4 is 27.8 Å². The van der Waals surface area contributed by atoms with Crippen molar-refractivity contribution in [3.8, 4) is 0 Å². The standard InChI is InChI=1S/C16H27N5O6/c1-6(2)12(18)16(27)20-8-3-7(4-10(22)13(8)24)15(26)21-9(14(19)25)5-11(17)23/h3,6,8-10,12-13,22,24H,4-5,18H2,1-2H3,(H2,17,23)(H2,19,25)(H,20,27)(H,21,26)/t8-,9-,10-,12-,13-/m1/s1. The van der Waals surface area contributed by atoms with Crippen molar-refractivity contribution in [1.82, 2.24) is 10.6 Å². The molecule has 0 aromatic carbocycles. The maximum atomic E-state index is 12.4. The number of nitrogens with one attached hydrogen (secondary N) is 2. The van der Waals surface area contributed by atoms with Crippen LogP contribution in [-0.2, 0) is 19.2 Å². The minimum absolute atomic E-state index is 0.00642. The molecule has 5 atom stereocenters. The Hall–Kier alpha value is -2.50. The molecule has 1 aliphatic rings. The molecule has 4 amide bonds. The molecule has 0 fully saturated rings. The summed E-state index contributed by atoms with van der Waals surface area (Å²) < 4.78 is 0. The van der Waals surface area contributed by atoms with Crippen LogP contribution >= 0.6 is 0 Å². The monoisotopic (exact) mass is 385 g/mol. The van der Waals surface area contributed by atoms with E-state index >= 15 is 0 Å². The number of carbonyl (C=O) groups is 4. The van der Waals surface area contributed by atoms with Crippen molar-refractivity contribution in [3.63, 3.8) is 0 Å². The van der Waals surface area contributed by atoms with E-state index in [1.165, 1.54) is 6.08 Å². The molecule has 27 heavy (non-hydrogen) atoms. The third-order valence-electron chi connectivity index (χ3n) is 4.25. The lowest BCUT2D eigenvalue weighted by Crippen LogP contribution is -2.55. The van der Waals surface area contributed by atoms with Gasteiger partial charge in [0.2, 0.25) is 23.6 Å². The van der Waals surface area contributed by atoms with Gasteiger partial charge in [-0.3, -0.25) is 19.2 Å². The molecule has 0 aliphatic heterocycles. The van der Waals surface area contributed by atoms with E-state index in [9.17, 15) is 29.4 Å². The smallest absolute Gasteiger partial charge is 0.247 e. The van der Waals surface area contributed by atoms with Gasteiger partial charge in [0, 0.05) is 12.0 Å². The van der Waals surface area contributed by atoms with E-state index in [0.29, 0.717) is 0 Å². The second-order valence-electron chi connectivity index (χ2n) is 6.86. The molecular formula is C16H27N5O6. The highest BCUT2D eigenvalue weighted by atomic mass is 16.3. The summed E-state index contributed by atoms with van der Waals surface area (Å²) in [6.07, 6.45) is -2.12. The summed E-state index contributed by atoms with van der Waals surface area (Å²) in [5.74, 6) is -3.28. The second kappa shape index (κ2) is 9.44. The van der Waals surface area contributed by atoms with Gasteiger partial charge in [-0.15, -0.1) is 0 Å². The highest BCUT2D eigenvalue weighted by Crippen LogP contribution is 2.20. The summed E-state index contributed by atoms with van der Waals surface area (Å²) in [5.41, 5.74) is 15.9. The van der Waals surface area contributed by atoms with Crippen LogP contribution in [0.5, 0.6) is 0 Å². The minimum atomic E-state index is -1.34. The zero-order valence-electron chi connectivity index (χ0n) is 15.2. The molecule has 0 saturated carbocycles. The molecule has 1 aliphatic carbocycles. The first-order valence-corrected chi connectivity index (χ1v) is 8.45. The lowest BCUT2D eigenvalue weighted by atomic mass is 9.89. The van der Waals surface area contributed by atoms with Crippen LogP contribution in [0.2, 0.25) is 0 Å². The summed E-state index contributed by atoms with van der Waals surface area (Å²) in [4.78, 5) is 46.8. The molecule has 0 heterocycles. The molecule has 0 bridgehead atoms. The first kappa shape index (κ1) is 22.5. The summed E-state index contributed by atoms with van der Waals surface area (Å²) >= 11 is 0. The number of hydrogen-bond donors (Lipinski definition) is 7. The topological polar surface area (TPSA) is 211 Å². The number of primary amides is 2. The minimum Gasteiger partial charge on any atom is -0.390 e. The Morgan fingerprint density at radius 3 is 2.30 bits per heavy atom. The molecule has 0 saturated heterocycles. The normalized spacial score (nSPS) is 24.5. The number of hydrogen-bond acceptors (Lipinski definition) is 7. The van der Waals surface area contributed by atoms with Crippen molar-refractivity contribution < 1.29 is 29.4 Å². The van der Waals surface area contributed by atoms with Gasteiger partial charge in [-0.1, -0.05) is 19.9 Å². The van der Waals surface area contributed by atoms with Crippen molar-refractivity contribution in [3.05, 3.63) is 11.6 Å². The first-order chi connectivity index (χ1) is 12.4. The second-order valence-corrected chi connectivity index (χ2v) is 6.86. The van der Waals surface area contributed by atoms with Crippen LogP contribution in [0.15, 0.2) is 11.6 Å². The largest absolute Gasteiger partial charge is 0.390 e. The van der Waals surface area contributed by atoms with Gasteiger partial charge in [-0.05, 0) is 5.92 Å². The van der Waals surface area contributed by atoms with E-state index in [4.69, 9.17) is 17.2 Å². The van der Waals surface area contributed by atoms with Crippen LogP contribution in [0.1, 0.15) is 26.7 Å². The molecule has 1 rings (SSSR count). The summed E-state index contributed by atoms with van der Waals surface area (Å²) in [6, 6.07) is -3.21. The fourth-order valence-corrected chi connectivity index (χ4v) is 2.50. The van der Waals surface area contributed by atoms with Crippen molar-refractivity contribution in [2.24, 2.45) is 23.1 Å². The number of rotatable bonds is 8. The summed E-state index contributed by atoms with van der Waals surface area (Å²) in [7, 11) is 0. The number of aliphatic hydroxyl groups is 2. The molecule has 152 valence electrons. The SMILES string of the molecule is CC(C)[C@@H](N)C(=O)N[C@@H]1C=C(C(=O)N[C@H](CC(N)=O)C(N)=O)C[C@@H](O)[C@@H]1O. The van der Waals surface area contributed by atoms with Crippen molar-refractivity contribution in [2.45, 2.75) is 57.0 Å². The van der Waals surface area contributed by atoms with Crippen molar-refractivity contribution >= 4 is 23.6 Å². The fourth-order valence-electron chi connectivity index (χ4n) is 2.50. The third kappa shape index (κ3) is 6.31. The maximum Gasteiger partial charge on any atom is 0.247 e. The Kier molecular flexibility index (Phi) is 7.88. The first-order valence-electron chi connectivity index (χ1n) is 8.45. The molecule has 10 N–H and O–H groups in total. The quantitative estimate of drug-likeness (QED) is 0.222. The summed E-state index contributed by atoms with van der Waals surface area (Å²) in [6.45, 7) is 3.49. The Morgan fingerprint density at radius 1 is 1.22 bits per heavy atom. The molecule has 0 aromatic rings. The van der Waals surface area contributed by atoms with Gasteiger partial charge in [0.25, 0.3) is 0 Å². The van der Waals surface area contributed by atoms with Crippen molar-refractivity contribution in [1.29, 1.82) is 0 Å². The molecule has 0 unspecified atom stereocenters. The van der Waals surface area contributed by atoms with Crippen LogP contribution in [-0.4, -0.2) is 64.2 Å². The predicted octanol–water partition coefficient (Wildman–Crippen LogP) is -3.65. The highest BCUT2D eigenvalue weighted by Gasteiger charge is 2.35. The van der Waals surface area contributed by atoms with E-state index in [2.05, 4.69) is 10.6 Å². The Balaban J connectivity index is 2.94. The average molecular weight is 385 g/mol. The lowest BCUT2D eigenvalue weighted by Gasteiger charge is -2.32. The molecule has 0 aromatic heterocycles. The highest BCUT2D eigenvalue weighted by molar-refractivity contribution is 5.98. The number of aliphatic hydroxyl groups excluding tert-OH is 2. The molecule has 0 radical (unpaired) electrons. The number of carbonyl (C=O) groups excluding carboxylic acids is 4. The van der Waals surface area contributed by atoms with Gasteiger partial charge >= 0.3 is 0 Å². The number of nitrogens with two attached hydrogens (primary N) is 3. The Labute approximate surface area is 156 Å². The van der Waals surface area contributed by atoms with Gasteiger partial charge in [-0.25, -0.2) is 0 Å². The zero-order chi connectivity index (χ0) is 20.9. The fraction of sp³-hybridized carbons (Fsp3) is 0.625. The van der Waals surface area contributed by atoms with Gasteiger partial charge in [0.1, 0.15) is 12.1 Å². The molecule has 0 spiro atoms. The molecule has 11 nitrogen and oxygen atoms in total. The van der Waals surface area contributed by atoms with Crippen LogP contribution in [0.3, 0.4) is 0 Å². The van der Waals surface area contributed by atoms with E-state index in [0.717, 1.165) is 0 Å². The van der Waals surface area contributed by atoms with Crippen LogP contribution in [0.25, 0.3) is 0 Å².